The number of nitrogen functional groups attached to an aromatic ring is 1. The molecule has 2 aliphatic carbocycles. The van der Waals surface area contributed by atoms with E-state index in [0.717, 1.165) is 43.8 Å². The SMILES string of the molecule is Nc1ncc(-c2cc(N3C[C@@H]4C[C@H]3CO4)nc(N3CC4CC3C4)n2)cc1C1CC1(F)F. The van der Waals surface area contributed by atoms with Crippen LogP contribution in [0.1, 0.15) is 37.2 Å². The minimum absolute atomic E-state index is 0.170. The number of pyridine rings is 1. The monoisotopic (exact) mass is 426 g/mol. The van der Waals surface area contributed by atoms with Crippen molar-refractivity contribution in [2.75, 3.05) is 35.2 Å². The molecule has 7 nitrogen and oxygen atoms in total. The van der Waals surface area contributed by atoms with Gasteiger partial charge in [-0.15, -0.1) is 0 Å². The predicted molar refractivity (Wildman–Crippen MR) is 111 cm³/mol. The van der Waals surface area contributed by atoms with Gasteiger partial charge >= 0.3 is 0 Å². The van der Waals surface area contributed by atoms with Gasteiger partial charge in [-0.3, -0.25) is 0 Å². The van der Waals surface area contributed by atoms with Crippen LogP contribution in [-0.4, -0.2) is 58.8 Å². The van der Waals surface area contributed by atoms with E-state index in [-0.39, 0.29) is 18.3 Å². The molecule has 31 heavy (non-hydrogen) atoms. The Morgan fingerprint density at radius 3 is 2.55 bits per heavy atom. The number of morpholine rings is 1. The number of hydrogen-bond donors (Lipinski definition) is 1. The maximum absolute atomic E-state index is 13.7. The number of fused-ring (bicyclic) bond motifs is 3. The molecule has 9 heteroatoms. The van der Waals surface area contributed by atoms with E-state index >= 15 is 0 Å². The van der Waals surface area contributed by atoms with Gasteiger partial charge in [-0.2, -0.15) is 4.98 Å². The molecule has 0 radical (unpaired) electrons. The van der Waals surface area contributed by atoms with Crippen LogP contribution in [0.2, 0.25) is 0 Å². The quantitative estimate of drug-likeness (QED) is 0.805. The summed E-state index contributed by atoms with van der Waals surface area (Å²) in [6, 6.07) is 4.55. The Bertz CT molecular complexity index is 1070. The molecule has 4 bridgehead atoms. The minimum atomic E-state index is -2.69. The summed E-state index contributed by atoms with van der Waals surface area (Å²) in [5, 5.41) is 0. The lowest BCUT2D eigenvalue weighted by Crippen LogP contribution is -2.38. The van der Waals surface area contributed by atoms with Crippen LogP contribution in [0.25, 0.3) is 11.3 Å². The number of ether oxygens (including phenoxy) is 1. The number of aromatic nitrogens is 3. The fourth-order valence-corrected chi connectivity index (χ4v) is 5.76. The molecule has 2 aromatic rings. The molecule has 3 atom stereocenters. The molecule has 2 N–H and O–H groups in total. The molecule has 162 valence electrons. The fourth-order valence-electron chi connectivity index (χ4n) is 5.76. The highest BCUT2D eigenvalue weighted by atomic mass is 19.3. The maximum Gasteiger partial charge on any atom is 0.256 e. The van der Waals surface area contributed by atoms with E-state index in [9.17, 15) is 8.78 Å². The molecule has 8 rings (SSSR count). The van der Waals surface area contributed by atoms with Crippen LogP contribution >= 0.6 is 0 Å². The average molecular weight is 426 g/mol. The predicted octanol–water partition coefficient (Wildman–Crippen LogP) is 2.82. The first-order valence-corrected chi connectivity index (χ1v) is 11.1. The Hall–Kier alpha value is -2.55. The van der Waals surface area contributed by atoms with Gasteiger partial charge in [0, 0.05) is 48.9 Å². The van der Waals surface area contributed by atoms with Gasteiger partial charge in [0.05, 0.1) is 30.4 Å². The number of hydrogen-bond acceptors (Lipinski definition) is 7. The van der Waals surface area contributed by atoms with E-state index in [2.05, 4.69) is 14.8 Å². The molecule has 0 spiro atoms. The van der Waals surface area contributed by atoms with Crippen molar-refractivity contribution in [1.82, 2.24) is 15.0 Å². The van der Waals surface area contributed by atoms with Gasteiger partial charge in [-0.05, 0) is 31.2 Å². The molecule has 0 aromatic carbocycles. The molecular weight excluding hydrogens is 402 g/mol. The Morgan fingerprint density at radius 1 is 1.06 bits per heavy atom. The van der Waals surface area contributed by atoms with Gasteiger partial charge < -0.3 is 20.3 Å². The lowest BCUT2D eigenvalue weighted by atomic mass is 9.86. The highest BCUT2D eigenvalue weighted by Gasteiger charge is 2.58. The fraction of sp³-hybridized carbons (Fsp3) is 0.591. The van der Waals surface area contributed by atoms with E-state index in [1.54, 1.807) is 12.3 Å². The van der Waals surface area contributed by atoms with Crippen molar-refractivity contribution in [1.29, 1.82) is 0 Å². The first-order valence-electron chi connectivity index (χ1n) is 11.1. The molecule has 6 heterocycles. The summed E-state index contributed by atoms with van der Waals surface area (Å²) in [5.41, 5.74) is 7.79. The topological polar surface area (TPSA) is 80.4 Å². The van der Waals surface area contributed by atoms with Gasteiger partial charge in [0.2, 0.25) is 5.95 Å². The third kappa shape index (κ3) is 2.75. The second kappa shape index (κ2) is 6.03. The second-order valence-electron chi connectivity index (χ2n) is 9.77. The lowest BCUT2D eigenvalue weighted by molar-refractivity contribution is 0.0989. The van der Waals surface area contributed by atoms with E-state index in [1.807, 2.05) is 6.07 Å². The number of nitrogens with zero attached hydrogens (tertiary/aromatic N) is 5. The van der Waals surface area contributed by atoms with Crippen molar-refractivity contribution in [3.63, 3.8) is 0 Å². The van der Waals surface area contributed by atoms with Gasteiger partial charge in [0.15, 0.2) is 0 Å². The van der Waals surface area contributed by atoms with Crippen molar-refractivity contribution >= 4 is 17.6 Å². The highest BCUT2D eigenvalue weighted by Crippen LogP contribution is 2.57. The summed E-state index contributed by atoms with van der Waals surface area (Å²) in [4.78, 5) is 18.7. The molecular formula is C22H24F2N6O. The number of rotatable bonds is 4. The molecule has 4 saturated heterocycles. The van der Waals surface area contributed by atoms with Crippen LogP contribution in [0.15, 0.2) is 18.3 Å². The van der Waals surface area contributed by atoms with Gasteiger partial charge in [-0.25, -0.2) is 18.7 Å². The average Bonchev–Trinajstić information content (AvgIpc) is 3.31. The van der Waals surface area contributed by atoms with Crippen molar-refractivity contribution < 1.29 is 13.5 Å². The first kappa shape index (κ1) is 18.1. The summed E-state index contributed by atoms with van der Waals surface area (Å²) in [6.45, 7) is 2.53. The Morgan fingerprint density at radius 2 is 1.90 bits per heavy atom. The second-order valence-corrected chi connectivity index (χ2v) is 9.77. The number of alkyl halides is 2. The molecule has 6 fully saturated rings. The molecule has 0 amide bonds. The van der Waals surface area contributed by atoms with Crippen LogP contribution in [-0.2, 0) is 4.74 Å². The zero-order valence-electron chi connectivity index (χ0n) is 17.0. The Balaban J connectivity index is 1.31. The zero-order valence-corrected chi connectivity index (χ0v) is 17.0. The molecule has 1 unspecified atom stereocenters. The van der Waals surface area contributed by atoms with E-state index in [4.69, 9.17) is 20.4 Å². The largest absolute Gasteiger partial charge is 0.383 e. The summed E-state index contributed by atoms with van der Waals surface area (Å²) >= 11 is 0. The number of nitrogens with two attached hydrogens (primary N) is 1. The van der Waals surface area contributed by atoms with Crippen LogP contribution in [0.3, 0.4) is 0 Å². The standard InChI is InChI=1S/C22H24F2N6O/c23-22(24)6-17(22)16-3-12(7-26-20(16)25)18-5-19(29-9-15-4-14(29)10-31-15)28-21(27-18)30-8-11-1-13(30)2-11/h3,5,7,11,13-15,17H,1-2,4,6,8-10H2,(H2,25,26)/t11?,13?,14-,15-,17?/m0/s1. The van der Waals surface area contributed by atoms with Gasteiger partial charge in [-0.1, -0.05) is 0 Å². The Kier molecular flexibility index (Phi) is 3.51. The van der Waals surface area contributed by atoms with E-state index in [0.29, 0.717) is 28.9 Å². The third-order valence-corrected chi connectivity index (χ3v) is 7.71. The van der Waals surface area contributed by atoms with E-state index < -0.39 is 11.8 Å². The molecule has 6 aliphatic rings. The third-order valence-electron chi connectivity index (χ3n) is 7.71. The normalized spacial score (nSPS) is 34.3. The number of halogens is 2. The van der Waals surface area contributed by atoms with Crippen molar-refractivity contribution in [3.05, 3.63) is 23.9 Å². The van der Waals surface area contributed by atoms with Crippen LogP contribution in [0.5, 0.6) is 0 Å². The lowest BCUT2D eigenvalue weighted by Gasteiger charge is -2.30. The first-order chi connectivity index (χ1) is 14.9. The summed E-state index contributed by atoms with van der Waals surface area (Å²) < 4.78 is 33.2. The summed E-state index contributed by atoms with van der Waals surface area (Å²) in [6.07, 6.45) is 5.15. The van der Waals surface area contributed by atoms with Crippen LogP contribution in [0, 0.1) is 5.92 Å². The summed E-state index contributed by atoms with van der Waals surface area (Å²) in [5.74, 6) is -1.01. The van der Waals surface area contributed by atoms with E-state index in [1.165, 1.54) is 12.8 Å². The summed E-state index contributed by atoms with van der Waals surface area (Å²) in [7, 11) is 0. The van der Waals surface area contributed by atoms with Crippen molar-refractivity contribution in [3.8, 4) is 11.3 Å². The van der Waals surface area contributed by atoms with Gasteiger partial charge in [0.25, 0.3) is 5.92 Å². The van der Waals surface area contributed by atoms with Crippen LogP contribution < -0.4 is 15.5 Å². The number of anilines is 3. The maximum atomic E-state index is 13.7. The molecule has 2 aromatic heterocycles. The zero-order chi connectivity index (χ0) is 20.9. The van der Waals surface area contributed by atoms with Crippen LogP contribution in [0.4, 0.5) is 26.4 Å². The molecule has 4 aliphatic heterocycles. The highest BCUT2D eigenvalue weighted by molar-refractivity contribution is 5.68. The smallest absolute Gasteiger partial charge is 0.256 e. The van der Waals surface area contributed by atoms with Gasteiger partial charge in [0.1, 0.15) is 11.6 Å². The minimum Gasteiger partial charge on any atom is -0.383 e. The molecule has 2 saturated carbocycles. The van der Waals surface area contributed by atoms with Crippen molar-refractivity contribution in [2.24, 2.45) is 5.92 Å². The Labute approximate surface area is 178 Å². The van der Waals surface area contributed by atoms with Crippen molar-refractivity contribution in [2.45, 2.75) is 55.7 Å².